The number of anilines is 2. The van der Waals surface area contributed by atoms with Gasteiger partial charge in [-0.1, -0.05) is 42.5 Å². The summed E-state index contributed by atoms with van der Waals surface area (Å²) in [5.41, 5.74) is 3.71. The Morgan fingerprint density at radius 2 is 2.00 bits per heavy atom. The Balaban J connectivity index is 1.39. The van der Waals surface area contributed by atoms with E-state index in [4.69, 9.17) is 4.74 Å². The SMILES string of the molecule is CCOC(=O)c1ccc2c(c1)NC(=O)C2=CC1(Nc2ccc(CN3CCCC3=O)cc2)C=CC=CC1. The molecule has 5 rings (SSSR count). The molecule has 1 aliphatic carbocycles. The van der Waals surface area contributed by atoms with Crippen molar-refractivity contribution in [1.29, 1.82) is 0 Å². The van der Waals surface area contributed by atoms with Crippen LogP contribution < -0.4 is 10.6 Å². The fourth-order valence-corrected chi connectivity index (χ4v) is 4.86. The highest BCUT2D eigenvalue weighted by Gasteiger charge is 2.32. The number of carbonyl (C=O) groups excluding carboxylic acids is 3. The molecule has 0 radical (unpaired) electrons. The van der Waals surface area contributed by atoms with Crippen molar-refractivity contribution in [3.8, 4) is 0 Å². The van der Waals surface area contributed by atoms with E-state index in [0.29, 0.717) is 42.8 Å². The Morgan fingerprint density at radius 3 is 2.69 bits per heavy atom. The maximum Gasteiger partial charge on any atom is 0.338 e. The lowest BCUT2D eigenvalue weighted by molar-refractivity contribution is -0.128. The second-order valence-corrected chi connectivity index (χ2v) is 9.27. The van der Waals surface area contributed by atoms with E-state index in [2.05, 4.69) is 22.8 Å². The van der Waals surface area contributed by atoms with Crippen LogP contribution in [-0.4, -0.2) is 41.4 Å². The van der Waals surface area contributed by atoms with Crippen LogP contribution in [0, 0.1) is 0 Å². The number of hydrogen-bond acceptors (Lipinski definition) is 5. The van der Waals surface area contributed by atoms with E-state index in [1.165, 1.54) is 0 Å². The number of allylic oxidation sites excluding steroid dienone is 2. The van der Waals surface area contributed by atoms with Gasteiger partial charge in [0, 0.05) is 42.0 Å². The van der Waals surface area contributed by atoms with Crippen LogP contribution in [0.2, 0.25) is 0 Å². The average molecular weight is 484 g/mol. The summed E-state index contributed by atoms with van der Waals surface area (Å²) < 4.78 is 5.08. The van der Waals surface area contributed by atoms with Gasteiger partial charge in [-0.05, 0) is 55.7 Å². The Labute approximate surface area is 210 Å². The van der Waals surface area contributed by atoms with Crippen LogP contribution in [0.4, 0.5) is 11.4 Å². The van der Waals surface area contributed by atoms with Crippen molar-refractivity contribution in [3.05, 3.63) is 89.5 Å². The first kappa shape index (κ1) is 23.6. The van der Waals surface area contributed by atoms with Crippen LogP contribution in [0.1, 0.15) is 47.7 Å². The molecule has 2 N–H and O–H groups in total. The van der Waals surface area contributed by atoms with Gasteiger partial charge in [-0.2, -0.15) is 0 Å². The van der Waals surface area contributed by atoms with E-state index in [0.717, 1.165) is 29.8 Å². The monoisotopic (exact) mass is 483 g/mol. The fraction of sp³-hybridized carbons (Fsp3) is 0.276. The van der Waals surface area contributed by atoms with Crippen LogP contribution in [0.15, 0.2) is 72.8 Å². The molecule has 2 aliphatic heterocycles. The second-order valence-electron chi connectivity index (χ2n) is 9.27. The van der Waals surface area contributed by atoms with Crippen molar-refractivity contribution < 1.29 is 19.1 Å². The lowest BCUT2D eigenvalue weighted by Crippen LogP contribution is -2.35. The molecule has 0 saturated carbocycles. The van der Waals surface area contributed by atoms with E-state index in [1.807, 2.05) is 47.4 Å². The number of rotatable bonds is 7. The number of carbonyl (C=O) groups is 3. The van der Waals surface area contributed by atoms with Gasteiger partial charge >= 0.3 is 5.97 Å². The van der Waals surface area contributed by atoms with Crippen LogP contribution in [0.25, 0.3) is 5.57 Å². The van der Waals surface area contributed by atoms with Crippen LogP contribution in [0.5, 0.6) is 0 Å². The van der Waals surface area contributed by atoms with E-state index < -0.39 is 11.5 Å². The minimum Gasteiger partial charge on any atom is -0.462 e. The molecule has 2 heterocycles. The number of likely N-dealkylation sites (tertiary alicyclic amines) is 1. The largest absolute Gasteiger partial charge is 0.462 e. The molecular weight excluding hydrogens is 454 g/mol. The number of benzene rings is 2. The third kappa shape index (κ3) is 4.82. The lowest BCUT2D eigenvalue weighted by Gasteiger charge is -2.31. The Kier molecular flexibility index (Phi) is 6.46. The number of fused-ring (bicyclic) bond motifs is 1. The highest BCUT2D eigenvalue weighted by atomic mass is 16.5. The topological polar surface area (TPSA) is 87.7 Å². The number of nitrogens with zero attached hydrogens (tertiary/aromatic N) is 1. The molecule has 0 spiro atoms. The second kappa shape index (κ2) is 9.85. The first-order valence-corrected chi connectivity index (χ1v) is 12.3. The predicted molar refractivity (Wildman–Crippen MR) is 139 cm³/mol. The molecule has 1 fully saturated rings. The van der Waals surface area contributed by atoms with Crippen LogP contribution in [-0.2, 0) is 20.9 Å². The summed E-state index contributed by atoms with van der Waals surface area (Å²) in [6, 6.07) is 13.2. The summed E-state index contributed by atoms with van der Waals surface area (Å²) in [6.07, 6.45) is 12.3. The Morgan fingerprint density at radius 1 is 1.17 bits per heavy atom. The molecule has 1 unspecified atom stereocenters. The summed E-state index contributed by atoms with van der Waals surface area (Å²) in [7, 11) is 0. The lowest BCUT2D eigenvalue weighted by atomic mass is 9.87. The molecule has 2 aromatic rings. The van der Waals surface area contributed by atoms with Crippen LogP contribution in [0.3, 0.4) is 0 Å². The number of ether oxygens (including phenoxy) is 1. The van der Waals surface area contributed by atoms with Crippen molar-refractivity contribution in [3.63, 3.8) is 0 Å². The first-order valence-electron chi connectivity index (χ1n) is 12.3. The maximum atomic E-state index is 12.9. The minimum absolute atomic E-state index is 0.208. The van der Waals surface area contributed by atoms with Gasteiger partial charge in [-0.25, -0.2) is 4.79 Å². The van der Waals surface area contributed by atoms with E-state index in [9.17, 15) is 14.4 Å². The number of nitrogens with one attached hydrogen (secondary N) is 2. The molecule has 1 atom stereocenters. The molecule has 184 valence electrons. The molecular formula is C29H29N3O4. The van der Waals surface area contributed by atoms with Crippen molar-refractivity contribution >= 4 is 34.7 Å². The summed E-state index contributed by atoms with van der Waals surface area (Å²) in [6.45, 7) is 3.49. The number of esters is 1. The summed E-state index contributed by atoms with van der Waals surface area (Å²) in [5.74, 6) is -0.407. The van der Waals surface area contributed by atoms with Gasteiger partial charge in [0.05, 0.1) is 17.7 Å². The van der Waals surface area contributed by atoms with Gasteiger partial charge in [0.2, 0.25) is 5.91 Å². The van der Waals surface area contributed by atoms with Crippen molar-refractivity contribution in [2.24, 2.45) is 0 Å². The highest BCUT2D eigenvalue weighted by molar-refractivity contribution is 6.32. The summed E-state index contributed by atoms with van der Waals surface area (Å²) in [4.78, 5) is 38.9. The van der Waals surface area contributed by atoms with Gasteiger partial charge in [-0.3, -0.25) is 9.59 Å². The molecule has 3 aliphatic rings. The van der Waals surface area contributed by atoms with Gasteiger partial charge in [0.1, 0.15) is 0 Å². The molecule has 7 nitrogen and oxygen atoms in total. The third-order valence-corrected chi connectivity index (χ3v) is 6.69. The van der Waals surface area contributed by atoms with E-state index in [1.54, 1.807) is 25.1 Å². The number of hydrogen-bond donors (Lipinski definition) is 2. The predicted octanol–water partition coefficient (Wildman–Crippen LogP) is 4.69. The van der Waals surface area contributed by atoms with Crippen LogP contribution >= 0.6 is 0 Å². The third-order valence-electron chi connectivity index (χ3n) is 6.69. The van der Waals surface area contributed by atoms with E-state index in [-0.39, 0.29) is 11.8 Å². The minimum atomic E-state index is -0.602. The summed E-state index contributed by atoms with van der Waals surface area (Å²) in [5, 5.41) is 6.48. The van der Waals surface area contributed by atoms with Crippen molar-refractivity contribution in [1.82, 2.24) is 4.90 Å². The van der Waals surface area contributed by atoms with Gasteiger partial charge in [0.15, 0.2) is 0 Å². The highest BCUT2D eigenvalue weighted by Crippen LogP contribution is 2.36. The summed E-state index contributed by atoms with van der Waals surface area (Å²) >= 11 is 0. The Hall–Kier alpha value is -4.13. The molecule has 36 heavy (non-hydrogen) atoms. The maximum absolute atomic E-state index is 12.9. The van der Waals surface area contributed by atoms with Gasteiger partial charge in [0.25, 0.3) is 5.91 Å². The zero-order valence-electron chi connectivity index (χ0n) is 20.3. The van der Waals surface area contributed by atoms with Gasteiger partial charge in [-0.15, -0.1) is 0 Å². The van der Waals surface area contributed by atoms with Crippen molar-refractivity contribution in [2.45, 2.75) is 38.3 Å². The molecule has 2 amide bonds. The number of amides is 2. The zero-order chi connectivity index (χ0) is 25.1. The molecule has 0 aromatic heterocycles. The molecule has 7 heteroatoms. The fourth-order valence-electron chi connectivity index (χ4n) is 4.86. The van der Waals surface area contributed by atoms with Gasteiger partial charge < -0.3 is 20.3 Å². The van der Waals surface area contributed by atoms with Crippen molar-refractivity contribution in [2.75, 3.05) is 23.8 Å². The Bertz CT molecular complexity index is 1290. The molecule has 1 saturated heterocycles. The normalized spacial score (nSPS) is 21.6. The molecule has 0 bridgehead atoms. The standard InChI is InChI=1S/C29H29N3O4/c1-2-36-28(35)21-10-13-23-24(27(34)30-25(23)17-21)18-29(14-4-3-5-15-29)31-22-11-8-20(9-12-22)19-32-16-6-7-26(32)33/h3-5,8-14,17-18,31H,2,6-7,15-16,19H2,1H3,(H,30,34). The molecule has 2 aromatic carbocycles. The smallest absolute Gasteiger partial charge is 0.338 e. The zero-order valence-corrected chi connectivity index (χ0v) is 20.3. The first-order chi connectivity index (χ1) is 17.5. The van der Waals surface area contributed by atoms with E-state index >= 15 is 0 Å². The quantitative estimate of drug-likeness (QED) is 0.441. The average Bonchev–Trinajstić information content (AvgIpc) is 3.42.